The molecule has 7 heteroatoms. The molecule has 1 rings (SSSR count). The van der Waals surface area contributed by atoms with E-state index < -0.39 is 21.8 Å². The first-order chi connectivity index (χ1) is 7.27. The zero-order valence-corrected chi connectivity index (χ0v) is 9.74. The van der Waals surface area contributed by atoms with Gasteiger partial charge in [-0.25, -0.2) is 8.42 Å². The Morgan fingerprint density at radius 3 is 2.44 bits per heavy atom. The van der Waals surface area contributed by atoms with Gasteiger partial charge < -0.3 is 0 Å². The molecular weight excluding hydrogens is 243 g/mol. The molecule has 0 N–H and O–H groups in total. The molecular formula is C9H14F3NO2S. The van der Waals surface area contributed by atoms with Crippen molar-refractivity contribution in [2.75, 3.05) is 18.8 Å². The maximum atomic E-state index is 12.3. The highest BCUT2D eigenvalue weighted by Gasteiger charge is 2.36. The predicted octanol–water partition coefficient (Wildman–Crippen LogP) is 1.92. The third-order valence-corrected chi connectivity index (χ3v) is 4.43. The zero-order valence-electron chi connectivity index (χ0n) is 8.92. The van der Waals surface area contributed by atoms with E-state index in [2.05, 4.69) is 0 Å². The first-order valence-electron chi connectivity index (χ1n) is 5.01. The Balaban J connectivity index is 2.72. The summed E-state index contributed by atoms with van der Waals surface area (Å²) in [6, 6.07) is 0. The quantitative estimate of drug-likeness (QED) is 0.724. The minimum absolute atomic E-state index is 0.0117. The van der Waals surface area contributed by atoms with E-state index in [1.165, 1.54) is 0 Å². The second kappa shape index (κ2) is 4.75. The van der Waals surface area contributed by atoms with Crippen LogP contribution in [0.25, 0.3) is 0 Å². The average Bonchev–Trinajstić information content (AvgIpc) is 2.16. The van der Waals surface area contributed by atoms with Crippen LogP contribution in [0.1, 0.15) is 19.8 Å². The van der Waals surface area contributed by atoms with Gasteiger partial charge >= 0.3 is 6.18 Å². The molecule has 3 nitrogen and oxygen atoms in total. The fourth-order valence-electron chi connectivity index (χ4n) is 1.55. The third-order valence-electron chi connectivity index (χ3n) is 2.39. The van der Waals surface area contributed by atoms with Gasteiger partial charge in [0.2, 0.25) is 10.0 Å². The van der Waals surface area contributed by atoms with E-state index in [1.807, 2.05) is 0 Å². The van der Waals surface area contributed by atoms with Gasteiger partial charge in [-0.1, -0.05) is 13.0 Å². The highest BCUT2D eigenvalue weighted by molar-refractivity contribution is 7.89. The van der Waals surface area contributed by atoms with E-state index in [0.29, 0.717) is 6.42 Å². The SMILES string of the molecule is CCCS(=O)(=O)N1CC=C(C(F)(F)F)CC1. The number of hydrogen-bond donors (Lipinski definition) is 0. The minimum Gasteiger partial charge on any atom is -0.212 e. The smallest absolute Gasteiger partial charge is 0.212 e. The van der Waals surface area contributed by atoms with E-state index in [1.54, 1.807) is 6.92 Å². The maximum absolute atomic E-state index is 12.3. The molecule has 1 heterocycles. The van der Waals surface area contributed by atoms with Crippen molar-refractivity contribution in [2.24, 2.45) is 0 Å². The standard InChI is InChI=1S/C9H14F3NO2S/c1-2-7-16(14,15)13-5-3-8(4-6-13)9(10,11)12/h3H,2,4-7H2,1H3. The van der Waals surface area contributed by atoms with Crippen LogP contribution in [-0.2, 0) is 10.0 Å². The van der Waals surface area contributed by atoms with Gasteiger partial charge in [0.1, 0.15) is 0 Å². The van der Waals surface area contributed by atoms with Crippen molar-refractivity contribution in [3.05, 3.63) is 11.6 Å². The summed E-state index contributed by atoms with van der Waals surface area (Å²) in [5.41, 5.74) is -0.629. The largest absolute Gasteiger partial charge is 0.412 e. The van der Waals surface area contributed by atoms with Crippen molar-refractivity contribution >= 4 is 10.0 Å². The molecule has 0 aliphatic carbocycles. The molecule has 0 radical (unpaired) electrons. The number of halogens is 3. The Kier molecular flexibility index (Phi) is 4.01. The molecule has 16 heavy (non-hydrogen) atoms. The number of hydrogen-bond acceptors (Lipinski definition) is 2. The van der Waals surface area contributed by atoms with E-state index >= 15 is 0 Å². The number of nitrogens with zero attached hydrogens (tertiary/aromatic N) is 1. The van der Waals surface area contributed by atoms with Crippen molar-refractivity contribution in [2.45, 2.75) is 25.9 Å². The lowest BCUT2D eigenvalue weighted by Crippen LogP contribution is -2.38. The van der Waals surface area contributed by atoms with E-state index in [-0.39, 0.29) is 25.3 Å². The molecule has 0 saturated carbocycles. The predicted molar refractivity (Wildman–Crippen MR) is 54.4 cm³/mol. The van der Waals surface area contributed by atoms with Crippen molar-refractivity contribution in [3.8, 4) is 0 Å². The lowest BCUT2D eigenvalue weighted by atomic mass is 10.1. The van der Waals surface area contributed by atoms with Gasteiger partial charge in [0.25, 0.3) is 0 Å². The van der Waals surface area contributed by atoms with Crippen LogP contribution in [0.4, 0.5) is 13.2 Å². The van der Waals surface area contributed by atoms with Crippen molar-refractivity contribution in [1.82, 2.24) is 4.31 Å². The molecule has 0 atom stereocenters. The number of rotatable bonds is 3. The van der Waals surface area contributed by atoms with Gasteiger partial charge in [0.05, 0.1) is 5.75 Å². The minimum atomic E-state index is -4.33. The van der Waals surface area contributed by atoms with Crippen LogP contribution in [0.2, 0.25) is 0 Å². The van der Waals surface area contributed by atoms with Crippen molar-refractivity contribution in [3.63, 3.8) is 0 Å². The lowest BCUT2D eigenvalue weighted by molar-refractivity contribution is -0.0953. The highest BCUT2D eigenvalue weighted by atomic mass is 32.2. The molecule has 0 aromatic carbocycles. The van der Waals surface area contributed by atoms with Crippen molar-refractivity contribution < 1.29 is 21.6 Å². The van der Waals surface area contributed by atoms with Crippen LogP contribution in [0.5, 0.6) is 0 Å². The second-order valence-electron chi connectivity index (χ2n) is 3.65. The Morgan fingerprint density at radius 1 is 1.44 bits per heavy atom. The zero-order chi connectivity index (χ0) is 12.4. The van der Waals surface area contributed by atoms with Crippen molar-refractivity contribution in [1.29, 1.82) is 0 Å². The first-order valence-corrected chi connectivity index (χ1v) is 6.62. The molecule has 0 amide bonds. The molecule has 0 saturated heterocycles. The van der Waals surface area contributed by atoms with Gasteiger partial charge in [-0.15, -0.1) is 0 Å². The Labute approximate surface area is 93.0 Å². The highest BCUT2D eigenvalue weighted by Crippen LogP contribution is 2.30. The first kappa shape index (κ1) is 13.5. The lowest BCUT2D eigenvalue weighted by Gasteiger charge is -2.26. The fraction of sp³-hybridized carbons (Fsp3) is 0.778. The van der Waals surface area contributed by atoms with Gasteiger partial charge in [0, 0.05) is 18.7 Å². The average molecular weight is 257 g/mol. The Hall–Kier alpha value is -0.560. The van der Waals surface area contributed by atoms with Gasteiger partial charge in [-0.05, 0) is 12.8 Å². The van der Waals surface area contributed by atoms with Crippen LogP contribution in [0.15, 0.2) is 11.6 Å². The molecule has 1 aliphatic heterocycles. The van der Waals surface area contributed by atoms with Crippen LogP contribution in [0, 0.1) is 0 Å². The summed E-state index contributed by atoms with van der Waals surface area (Å²) >= 11 is 0. The summed E-state index contributed by atoms with van der Waals surface area (Å²) < 4.78 is 61.0. The Bertz CT molecular complexity index is 373. The normalized spacial score (nSPS) is 19.6. The van der Waals surface area contributed by atoms with Gasteiger partial charge in [-0.3, -0.25) is 0 Å². The summed E-state index contributed by atoms with van der Waals surface area (Å²) in [6.07, 6.45) is -3.17. The van der Waals surface area contributed by atoms with Crippen LogP contribution < -0.4 is 0 Å². The monoisotopic (exact) mass is 257 g/mol. The molecule has 94 valence electrons. The van der Waals surface area contributed by atoms with Crippen LogP contribution in [0.3, 0.4) is 0 Å². The van der Waals surface area contributed by atoms with Gasteiger partial charge in [0.15, 0.2) is 0 Å². The third kappa shape index (κ3) is 3.21. The molecule has 0 spiro atoms. The fourth-order valence-corrected chi connectivity index (χ4v) is 2.99. The summed E-state index contributed by atoms with van der Waals surface area (Å²) in [6.45, 7) is 1.48. The number of alkyl halides is 3. The molecule has 0 bridgehead atoms. The van der Waals surface area contributed by atoms with E-state index in [4.69, 9.17) is 0 Å². The molecule has 0 fully saturated rings. The summed E-state index contributed by atoms with van der Waals surface area (Å²) in [5, 5.41) is 0. The maximum Gasteiger partial charge on any atom is 0.412 e. The van der Waals surface area contributed by atoms with Crippen LogP contribution >= 0.6 is 0 Å². The van der Waals surface area contributed by atoms with Gasteiger partial charge in [-0.2, -0.15) is 17.5 Å². The summed E-state index contributed by atoms with van der Waals surface area (Å²) in [7, 11) is -3.38. The molecule has 0 aromatic heterocycles. The summed E-state index contributed by atoms with van der Waals surface area (Å²) in [5.74, 6) is -0.0117. The second-order valence-corrected chi connectivity index (χ2v) is 5.74. The topological polar surface area (TPSA) is 37.4 Å². The molecule has 0 unspecified atom stereocenters. The van der Waals surface area contributed by atoms with Crippen LogP contribution in [-0.4, -0.2) is 37.7 Å². The molecule has 0 aromatic rings. The molecule has 1 aliphatic rings. The van der Waals surface area contributed by atoms with E-state index in [0.717, 1.165) is 10.4 Å². The Morgan fingerprint density at radius 2 is 2.06 bits per heavy atom. The van der Waals surface area contributed by atoms with E-state index in [9.17, 15) is 21.6 Å². The summed E-state index contributed by atoms with van der Waals surface area (Å²) in [4.78, 5) is 0. The number of sulfonamides is 1.